The van der Waals surface area contributed by atoms with Crippen LogP contribution in [0.3, 0.4) is 0 Å². The SMILES string of the molecule is CCCN(CCNC(=NCc1nnc2ccccn12)NCC)C(=O)OC(C)(C)C.I. The van der Waals surface area contributed by atoms with Gasteiger partial charge in [-0.05, 0) is 46.2 Å². The van der Waals surface area contributed by atoms with Crippen molar-refractivity contribution >= 4 is 41.7 Å². The fraction of sp³-hybridized carbons (Fsp3) is 0.600. The third kappa shape index (κ3) is 8.33. The Hall–Kier alpha value is -2.11. The van der Waals surface area contributed by atoms with Crippen molar-refractivity contribution in [2.45, 2.75) is 53.2 Å². The Balaban J connectivity index is 0.00000450. The van der Waals surface area contributed by atoms with E-state index in [0.29, 0.717) is 32.1 Å². The van der Waals surface area contributed by atoms with E-state index in [1.165, 1.54) is 0 Å². The van der Waals surface area contributed by atoms with Gasteiger partial charge in [-0.15, -0.1) is 34.2 Å². The molecule has 0 aromatic carbocycles. The monoisotopic (exact) mass is 531 g/mol. The molecule has 0 spiro atoms. The van der Waals surface area contributed by atoms with Crippen molar-refractivity contribution in [2.75, 3.05) is 26.2 Å². The van der Waals surface area contributed by atoms with Gasteiger partial charge in [-0.1, -0.05) is 13.0 Å². The number of guanidine groups is 1. The van der Waals surface area contributed by atoms with Crippen LogP contribution >= 0.6 is 24.0 Å². The van der Waals surface area contributed by atoms with Gasteiger partial charge in [0.05, 0.1) is 0 Å². The maximum absolute atomic E-state index is 12.4. The van der Waals surface area contributed by atoms with Crippen molar-refractivity contribution in [3.63, 3.8) is 0 Å². The molecule has 0 unspecified atom stereocenters. The summed E-state index contributed by atoms with van der Waals surface area (Å²) < 4.78 is 7.41. The van der Waals surface area contributed by atoms with E-state index < -0.39 is 5.60 Å². The normalized spacial score (nSPS) is 11.7. The molecule has 168 valence electrons. The standard InChI is InChI=1S/C20H33N7O2.HI/c1-6-12-26(19(28)29-20(3,4)5)14-11-22-18(21-7-2)23-15-17-25-24-16-10-8-9-13-27(16)17;/h8-10,13H,6-7,11-12,14-15H2,1-5H3,(H2,21,22,23);1H. The van der Waals surface area contributed by atoms with Crippen LogP contribution in [0.2, 0.25) is 0 Å². The predicted molar refractivity (Wildman–Crippen MR) is 129 cm³/mol. The van der Waals surface area contributed by atoms with Gasteiger partial charge in [0.25, 0.3) is 0 Å². The Morgan fingerprint density at radius 2 is 1.97 bits per heavy atom. The topological polar surface area (TPSA) is 96.1 Å². The molecule has 0 aliphatic rings. The molecule has 0 fully saturated rings. The number of ether oxygens (including phenoxy) is 1. The minimum absolute atomic E-state index is 0. The second-order valence-electron chi connectivity index (χ2n) is 7.63. The summed E-state index contributed by atoms with van der Waals surface area (Å²) in [5.74, 6) is 1.43. The zero-order valence-electron chi connectivity index (χ0n) is 18.5. The van der Waals surface area contributed by atoms with Crippen LogP contribution in [0.5, 0.6) is 0 Å². The largest absolute Gasteiger partial charge is 0.444 e. The highest BCUT2D eigenvalue weighted by atomic mass is 127. The average molecular weight is 531 g/mol. The summed E-state index contributed by atoms with van der Waals surface area (Å²) in [4.78, 5) is 18.7. The molecule has 2 N–H and O–H groups in total. The van der Waals surface area contributed by atoms with Gasteiger partial charge in [-0.2, -0.15) is 0 Å². The van der Waals surface area contributed by atoms with Crippen LogP contribution in [0.25, 0.3) is 5.65 Å². The molecule has 2 aromatic rings. The Morgan fingerprint density at radius 3 is 2.63 bits per heavy atom. The van der Waals surface area contributed by atoms with Crippen LogP contribution in [0.4, 0.5) is 4.79 Å². The number of aromatic nitrogens is 3. The van der Waals surface area contributed by atoms with Gasteiger partial charge in [-0.25, -0.2) is 9.79 Å². The zero-order chi connectivity index (χ0) is 21.3. The second-order valence-corrected chi connectivity index (χ2v) is 7.63. The molecule has 2 rings (SSSR count). The maximum atomic E-state index is 12.4. The maximum Gasteiger partial charge on any atom is 0.410 e. The summed E-state index contributed by atoms with van der Waals surface area (Å²) in [7, 11) is 0. The Bertz CT molecular complexity index is 817. The van der Waals surface area contributed by atoms with Crippen molar-refractivity contribution in [1.29, 1.82) is 0 Å². The number of nitrogens with zero attached hydrogens (tertiary/aromatic N) is 5. The number of hydrogen-bond acceptors (Lipinski definition) is 5. The fourth-order valence-electron chi connectivity index (χ4n) is 2.69. The summed E-state index contributed by atoms with van der Waals surface area (Å²) >= 11 is 0. The number of carbonyl (C=O) groups excluding carboxylic acids is 1. The summed E-state index contributed by atoms with van der Waals surface area (Å²) in [5.41, 5.74) is 0.289. The lowest BCUT2D eigenvalue weighted by molar-refractivity contribution is 0.0253. The van der Waals surface area contributed by atoms with E-state index in [2.05, 4.69) is 25.8 Å². The molecule has 30 heavy (non-hydrogen) atoms. The number of aliphatic imine (C=N–C) groups is 1. The average Bonchev–Trinajstić information content (AvgIpc) is 3.07. The van der Waals surface area contributed by atoms with E-state index in [-0.39, 0.29) is 30.1 Å². The molecule has 0 aliphatic heterocycles. The fourth-order valence-corrected chi connectivity index (χ4v) is 2.69. The van der Waals surface area contributed by atoms with Crippen LogP contribution < -0.4 is 10.6 Å². The van der Waals surface area contributed by atoms with Crippen molar-refractivity contribution in [1.82, 2.24) is 30.1 Å². The molecule has 0 aliphatic carbocycles. The van der Waals surface area contributed by atoms with Gasteiger partial charge in [-0.3, -0.25) is 4.40 Å². The van der Waals surface area contributed by atoms with Gasteiger partial charge < -0.3 is 20.3 Å². The minimum atomic E-state index is -0.506. The number of fused-ring (bicyclic) bond motifs is 1. The number of nitrogens with one attached hydrogen (secondary N) is 2. The van der Waals surface area contributed by atoms with Gasteiger partial charge >= 0.3 is 6.09 Å². The number of halogens is 1. The number of pyridine rings is 1. The first kappa shape index (κ1) is 25.9. The van der Waals surface area contributed by atoms with Crippen LogP contribution in [-0.2, 0) is 11.3 Å². The lowest BCUT2D eigenvalue weighted by Crippen LogP contribution is -2.44. The van der Waals surface area contributed by atoms with Crippen molar-refractivity contribution in [3.05, 3.63) is 30.2 Å². The molecule has 0 saturated carbocycles. The lowest BCUT2D eigenvalue weighted by Gasteiger charge is -2.27. The molecule has 2 heterocycles. The number of amides is 1. The van der Waals surface area contributed by atoms with Gasteiger partial charge in [0.2, 0.25) is 0 Å². The highest BCUT2D eigenvalue weighted by molar-refractivity contribution is 14.0. The third-order valence-corrected chi connectivity index (χ3v) is 3.93. The zero-order valence-corrected chi connectivity index (χ0v) is 20.8. The van der Waals surface area contributed by atoms with Crippen molar-refractivity contribution < 1.29 is 9.53 Å². The summed E-state index contributed by atoms with van der Waals surface area (Å²) in [5, 5.41) is 14.8. The first-order valence-corrected chi connectivity index (χ1v) is 10.1. The summed E-state index contributed by atoms with van der Waals surface area (Å²) in [6.07, 6.45) is 2.50. The highest BCUT2D eigenvalue weighted by Crippen LogP contribution is 2.10. The van der Waals surface area contributed by atoms with Crippen LogP contribution in [-0.4, -0.2) is 63.3 Å². The molecular formula is C20H34IN7O2. The molecule has 0 saturated heterocycles. The number of carbonyl (C=O) groups is 1. The quantitative estimate of drug-likeness (QED) is 0.309. The number of hydrogen-bond donors (Lipinski definition) is 2. The molecular weight excluding hydrogens is 497 g/mol. The highest BCUT2D eigenvalue weighted by Gasteiger charge is 2.21. The van der Waals surface area contributed by atoms with Crippen LogP contribution in [0.15, 0.2) is 29.4 Å². The first-order valence-electron chi connectivity index (χ1n) is 10.1. The van der Waals surface area contributed by atoms with Crippen LogP contribution in [0.1, 0.15) is 46.9 Å². The molecule has 1 amide bonds. The van der Waals surface area contributed by atoms with Crippen LogP contribution in [0, 0.1) is 0 Å². The van der Waals surface area contributed by atoms with E-state index in [9.17, 15) is 4.79 Å². The molecule has 9 nitrogen and oxygen atoms in total. The van der Waals surface area contributed by atoms with Crippen molar-refractivity contribution in [2.24, 2.45) is 4.99 Å². The van der Waals surface area contributed by atoms with Gasteiger partial charge in [0, 0.05) is 32.4 Å². The molecule has 0 bridgehead atoms. The molecule has 2 aromatic heterocycles. The Kier molecular flexibility index (Phi) is 10.8. The Labute approximate surface area is 195 Å². The number of rotatable bonds is 8. The molecule has 0 radical (unpaired) electrons. The first-order chi connectivity index (χ1) is 13.8. The van der Waals surface area contributed by atoms with Crippen molar-refractivity contribution in [3.8, 4) is 0 Å². The second kappa shape index (κ2) is 12.6. The van der Waals surface area contributed by atoms with E-state index in [0.717, 1.165) is 24.4 Å². The summed E-state index contributed by atoms with van der Waals surface area (Å²) in [6.45, 7) is 12.5. The van der Waals surface area contributed by atoms with E-state index in [1.807, 2.05) is 63.4 Å². The Morgan fingerprint density at radius 1 is 1.20 bits per heavy atom. The van der Waals surface area contributed by atoms with Gasteiger partial charge in [0.15, 0.2) is 17.4 Å². The van der Waals surface area contributed by atoms with E-state index in [1.54, 1.807) is 4.90 Å². The summed E-state index contributed by atoms with van der Waals surface area (Å²) in [6, 6.07) is 5.77. The molecule has 10 heteroatoms. The van der Waals surface area contributed by atoms with E-state index in [4.69, 9.17) is 4.74 Å². The van der Waals surface area contributed by atoms with Gasteiger partial charge in [0.1, 0.15) is 12.1 Å². The third-order valence-electron chi connectivity index (χ3n) is 3.93. The molecule has 0 atom stereocenters. The van der Waals surface area contributed by atoms with E-state index >= 15 is 0 Å². The minimum Gasteiger partial charge on any atom is -0.444 e. The predicted octanol–water partition coefficient (Wildman–Crippen LogP) is 3.05. The smallest absolute Gasteiger partial charge is 0.410 e. The lowest BCUT2D eigenvalue weighted by atomic mass is 10.2.